The summed E-state index contributed by atoms with van der Waals surface area (Å²) in [6, 6.07) is 14.0. The Morgan fingerprint density at radius 2 is 1.48 bits per heavy atom. The van der Waals surface area contributed by atoms with E-state index in [4.69, 9.17) is 0 Å². The van der Waals surface area contributed by atoms with E-state index in [-0.39, 0.29) is 5.56 Å². The van der Waals surface area contributed by atoms with Crippen molar-refractivity contribution >= 4 is 24.4 Å². The number of nitrogens with zero attached hydrogens (tertiary/aromatic N) is 1. The molecule has 3 aromatic rings. The molecule has 1 aromatic carbocycles. The van der Waals surface area contributed by atoms with Crippen LogP contribution in [0, 0.1) is 11.5 Å². The zero-order valence-corrected chi connectivity index (χ0v) is 21.3. The number of unbranched alkanes of at least 4 members (excludes halogenated alkanes) is 1. The van der Waals surface area contributed by atoms with Gasteiger partial charge in [-0.2, -0.15) is 0 Å². The van der Waals surface area contributed by atoms with Gasteiger partial charge in [0.05, 0.1) is 11.1 Å². The number of benzene rings is 1. The van der Waals surface area contributed by atoms with Crippen molar-refractivity contribution in [2.24, 2.45) is 0 Å². The lowest BCUT2D eigenvalue weighted by molar-refractivity contribution is 0.761. The van der Waals surface area contributed by atoms with Gasteiger partial charge in [0.25, 0.3) is 5.56 Å². The van der Waals surface area contributed by atoms with Crippen LogP contribution in [0.4, 0.5) is 0 Å². The highest BCUT2D eigenvalue weighted by molar-refractivity contribution is 6.90. The number of hydrogen-bond donors (Lipinski definition) is 0. The van der Waals surface area contributed by atoms with Crippen molar-refractivity contribution in [1.82, 2.24) is 4.40 Å². The van der Waals surface area contributed by atoms with E-state index in [1.807, 2.05) is 10.5 Å². The van der Waals surface area contributed by atoms with Gasteiger partial charge >= 0.3 is 0 Å². The molecule has 0 aliphatic heterocycles. The van der Waals surface area contributed by atoms with Crippen LogP contribution in [0.1, 0.15) is 72.6 Å². The molecule has 0 spiro atoms. The van der Waals surface area contributed by atoms with E-state index < -0.39 is 8.07 Å². The van der Waals surface area contributed by atoms with E-state index in [0.29, 0.717) is 16.6 Å². The van der Waals surface area contributed by atoms with Crippen LogP contribution in [0.25, 0.3) is 16.3 Å². The summed E-state index contributed by atoms with van der Waals surface area (Å²) in [5.41, 5.74) is 8.81. The zero-order valence-electron chi connectivity index (χ0n) is 20.3. The first-order valence-corrected chi connectivity index (χ1v) is 14.1. The van der Waals surface area contributed by atoms with Gasteiger partial charge in [0.15, 0.2) is 0 Å². The SMILES string of the molecule is CCCCc1c(C#C[Si](C(C)C)(C(C)C)C(C)C)c2ccccc2c2cccc(=O)n12. The Morgan fingerprint density at radius 3 is 2.06 bits per heavy atom. The second-order valence-electron chi connectivity index (χ2n) is 9.70. The van der Waals surface area contributed by atoms with Gasteiger partial charge < -0.3 is 0 Å². The minimum Gasteiger partial charge on any atom is -0.279 e. The molecular formula is C28H37NOSi. The van der Waals surface area contributed by atoms with Crippen LogP contribution >= 0.6 is 0 Å². The lowest BCUT2D eigenvalue weighted by Crippen LogP contribution is -2.43. The smallest absolute Gasteiger partial charge is 0.255 e. The third-order valence-electron chi connectivity index (χ3n) is 7.02. The molecule has 0 unspecified atom stereocenters. The second kappa shape index (κ2) is 9.45. The molecule has 0 saturated heterocycles. The molecule has 164 valence electrons. The molecule has 0 fully saturated rings. The molecule has 31 heavy (non-hydrogen) atoms. The Balaban J connectivity index is 2.46. The largest absolute Gasteiger partial charge is 0.279 e. The molecule has 2 nitrogen and oxygen atoms in total. The molecule has 0 N–H and O–H groups in total. The van der Waals surface area contributed by atoms with Crippen LogP contribution in [-0.2, 0) is 6.42 Å². The summed E-state index contributed by atoms with van der Waals surface area (Å²) in [5, 5.41) is 2.28. The monoisotopic (exact) mass is 431 g/mol. The Morgan fingerprint density at radius 1 is 0.871 bits per heavy atom. The molecule has 2 heterocycles. The normalized spacial score (nSPS) is 12.2. The first-order valence-electron chi connectivity index (χ1n) is 11.8. The van der Waals surface area contributed by atoms with Crippen molar-refractivity contribution in [3.8, 4) is 11.5 Å². The van der Waals surface area contributed by atoms with Gasteiger partial charge in [0.2, 0.25) is 0 Å². The van der Waals surface area contributed by atoms with Gasteiger partial charge in [0.1, 0.15) is 8.07 Å². The number of hydrogen-bond acceptors (Lipinski definition) is 1. The fourth-order valence-corrected chi connectivity index (χ4v) is 10.7. The first-order chi connectivity index (χ1) is 14.8. The standard InChI is InChI=1S/C28H37NOSi/c1-8-9-15-26-25(18-19-31(20(2)3,21(4)5)22(6)7)23-13-10-11-14-24(23)27-16-12-17-28(30)29(26)27/h10-14,16-17,20-22H,8-9,15H2,1-7H3. The summed E-state index contributed by atoms with van der Waals surface area (Å²) in [7, 11) is -1.88. The molecular weight excluding hydrogens is 394 g/mol. The van der Waals surface area contributed by atoms with Crippen molar-refractivity contribution < 1.29 is 0 Å². The quantitative estimate of drug-likeness (QED) is 0.227. The maximum Gasteiger partial charge on any atom is 0.255 e. The average Bonchev–Trinajstić information content (AvgIpc) is 2.72. The zero-order chi connectivity index (χ0) is 22.8. The minimum absolute atomic E-state index is 0.0393. The van der Waals surface area contributed by atoms with Crippen molar-refractivity contribution in [3.05, 3.63) is 64.1 Å². The summed E-state index contributed by atoms with van der Waals surface area (Å²) >= 11 is 0. The molecule has 2 aromatic heterocycles. The van der Waals surface area contributed by atoms with Crippen molar-refractivity contribution in [2.45, 2.75) is 84.4 Å². The third kappa shape index (κ3) is 4.11. The average molecular weight is 432 g/mol. The van der Waals surface area contributed by atoms with Gasteiger partial charge in [-0.15, -0.1) is 5.54 Å². The maximum absolute atomic E-state index is 13.0. The van der Waals surface area contributed by atoms with Crippen molar-refractivity contribution in [1.29, 1.82) is 0 Å². The molecule has 0 saturated carbocycles. The van der Waals surface area contributed by atoms with Gasteiger partial charge in [-0.3, -0.25) is 9.20 Å². The highest BCUT2D eigenvalue weighted by Gasteiger charge is 2.41. The molecule has 0 amide bonds. The van der Waals surface area contributed by atoms with E-state index in [0.717, 1.165) is 41.4 Å². The lowest BCUT2D eigenvalue weighted by atomic mass is 9.99. The van der Waals surface area contributed by atoms with Crippen LogP contribution in [0.15, 0.2) is 47.3 Å². The Labute approximate surface area is 188 Å². The van der Waals surface area contributed by atoms with Crippen LogP contribution in [0.5, 0.6) is 0 Å². The van der Waals surface area contributed by atoms with E-state index in [9.17, 15) is 4.79 Å². The summed E-state index contributed by atoms with van der Waals surface area (Å²) < 4.78 is 1.92. The van der Waals surface area contributed by atoms with Crippen LogP contribution < -0.4 is 5.56 Å². The Kier molecular flexibility index (Phi) is 7.12. The topological polar surface area (TPSA) is 21.5 Å². The van der Waals surface area contributed by atoms with Gasteiger partial charge in [0, 0.05) is 22.5 Å². The van der Waals surface area contributed by atoms with E-state index in [1.165, 1.54) is 5.39 Å². The lowest BCUT2D eigenvalue weighted by Gasteiger charge is -2.38. The molecule has 0 bridgehead atoms. The molecule has 3 heteroatoms. The van der Waals surface area contributed by atoms with Gasteiger partial charge in [-0.25, -0.2) is 0 Å². The summed E-state index contributed by atoms with van der Waals surface area (Å²) in [6.07, 6.45) is 3.00. The highest BCUT2D eigenvalue weighted by Crippen LogP contribution is 2.41. The second-order valence-corrected chi connectivity index (χ2v) is 15.3. The number of aromatic nitrogens is 1. The van der Waals surface area contributed by atoms with E-state index in [2.05, 4.69) is 90.3 Å². The maximum atomic E-state index is 13.0. The van der Waals surface area contributed by atoms with Crippen molar-refractivity contribution in [3.63, 3.8) is 0 Å². The number of pyridine rings is 2. The number of fused-ring (bicyclic) bond motifs is 3. The Bertz CT molecular complexity index is 1170. The predicted octanol–water partition coefficient (Wildman–Crippen LogP) is 7.36. The summed E-state index contributed by atoms with van der Waals surface area (Å²) in [5.74, 6) is 3.72. The minimum atomic E-state index is -1.88. The highest BCUT2D eigenvalue weighted by atomic mass is 28.3. The molecule has 0 radical (unpaired) electrons. The summed E-state index contributed by atoms with van der Waals surface area (Å²) in [6.45, 7) is 16.3. The van der Waals surface area contributed by atoms with Gasteiger partial charge in [-0.05, 0) is 35.5 Å². The van der Waals surface area contributed by atoms with E-state index in [1.54, 1.807) is 6.07 Å². The van der Waals surface area contributed by atoms with E-state index >= 15 is 0 Å². The van der Waals surface area contributed by atoms with Crippen LogP contribution in [-0.4, -0.2) is 12.5 Å². The van der Waals surface area contributed by atoms with Gasteiger partial charge in [-0.1, -0.05) is 91.1 Å². The van der Waals surface area contributed by atoms with Crippen LogP contribution in [0.3, 0.4) is 0 Å². The number of rotatable bonds is 6. The molecule has 3 rings (SSSR count). The first kappa shape index (κ1) is 23.4. The molecule has 0 aliphatic carbocycles. The fraction of sp³-hybridized carbons (Fsp3) is 0.464. The predicted molar refractivity (Wildman–Crippen MR) is 138 cm³/mol. The fourth-order valence-electron chi connectivity index (χ4n) is 5.49. The van der Waals surface area contributed by atoms with Crippen LogP contribution in [0.2, 0.25) is 16.6 Å². The molecule has 0 aliphatic rings. The van der Waals surface area contributed by atoms with Crippen molar-refractivity contribution in [2.75, 3.05) is 0 Å². The molecule has 0 atom stereocenters. The third-order valence-corrected chi connectivity index (χ3v) is 13.3. The number of aryl methyl sites for hydroxylation is 1. The Hall–Kier alpha value is -2.31. The summed E-state index contributed by atoms with van der Waals surface area (Å²) in [4.78, 5) is 13.0.